The van der Waals surface area contributed by atoms with E-state index >= 15 is 0 Å². The average molecular weight is 309 g/mol. The summed E-state index contributed by atoms with van der Waals surface area (Å²) in [5.41, 5.74) is 0.125. The van der Waals surface area contributed by atoms with E-state index in [1.54, 1.807) is 30.9 Å². The predicted molar refractivity (Wildman–Crippen MR) is 76.7 cm³/mol. The first-order valence-corrected chi connectivity index (χ1v) is 6.67. The molecule has 0 aliphatic heterocycles. The van der Waals surface area contributed by atoms with Crippen molar-refractivity contribution in [1.82, 2.24) is 15.1 Å². The van der Waals surface area contributed by atoms with Gasteiger partial charge in [0.05, 0.1) is 18.8 Å². The monoisotopic (exact) mass is 309 g/mol. The number of benzene rings is 1. The van der Waals surface area contributed by atoms with E-state index < -0.39 is 17.9 Å². The summed E-state index contributed by atoms with van der Waals surface area (Å²) < 4.78 is 34.8. The van der Waals surface area contributed by atoms with Gasteiger partial charge in [-0.1, -0.05) is 0 Å². The summed E-state index contributed by atoms with van der Waals surface area (Å²) in [5.74, 6) is -4.55. The molecule has 1 amide bonds. The van der Waals surface area contributed by atoms with Gasteiger partial charge in [-0.3, -0.25) is 9.48 Å². The molecule has 2 aromatic rings. The van der Waals surface area contributed by atoms with Gasteiger partial charge in [0.25, 0.3) is 5.91 Å². The standard InChI is InChI=1S/C15H17F2N3O2/c1-10(13-8-9-20(2)19-13)18-14(21)15(16,17)11-4-6-12(22-3)7-5-11/h4-10H,1-3H3,(H,18,21). The fourth-order valence-corrected chi connectivity index (χ4v) is 1.96. The van der Waals surface area contributed by atoms with Crippen LogP contribution in [0.15, 0.2) is 36.5 Å². The van der Waals surface area contributed by atoms with Crippen LogP contribution in [-0.2, 0) is 17.8 Å². The number of carbonyl (C=O) groups is 1. The van der Waals surface area contributed by atoms with Crippen molar-refractivity contribution in [3.8, 4) is 5.75 Å². The number of aryl methyl sites for hydroxylation is 1. The highest BCUT2D eigenvalue weighted by Gasteiger charge is 2.41. The number of hydrogen-bond donors (Lipinski definition) is 1. The molecule has 7 heteroatoms. The fourth-order valence-electron chi connectivity index (χ4n) is 1.96. The number of methoxy groups -OCH3 is 1. The summed E-state index contributed by atoms with van der Waals surface area (Å²) >= 11 is 0. The molecule has 1 heterocycles. The van der Waals surface area contributed by atoms with E-state index in [4.69, 9.17) is 4.74 Å². The summed E-state index contributed by atoms with van der Waals surface area (Å²) in [5, 5.41) is 6.36. The quantitative estimate of drug-likeness (QED) is 0.922. The molecule has 0 fully saturated rings. The van der Waals surface area contributed by atoms with Crippen LogP contribution in [0.3, 0.4) is 0 Å². The number of nitrogens with one attached hydrogen (secondary N) is 1. The summed E-state index contributed by atoms with van der Waals surface area (Å²) in [6, 6.07) is 6.17. The van der Waals surface area contributed by atoms with Gasteiger partial charge >= 0.3 is 5.92 Å². The lowest BCUT2D eigenvalue weighted by Gasteiger charge is -2.19. The van der Waals surface area contributed by atoms with Crippen LogP contribution in [0.25, 0.3) is 0 Å². The highest BCUT2D eigenvalue weighted by Crippen LogP contribution is 2.30. The highest BCUT2D eigenvalue weighted by atomic mass is 19.3. The molecule has 0 radical (unpaired) electrons. The summed E-state index contributed by atoms with van der Waals surface area (Å²) in [6.45, 7) is 1.60. The maximum atomic E-state index is 14.2. The molecular formula is C15H17F2N3O2. The minimum Gasteiger partial charge on any atom is -0.497 e. The van der Waals surface area contributed by atoms with Crippen molar-refractivity contribution in [2.45, 2.75) is 18.9 Å². The van der Waals surface area contributed by atoms with Gasteiger partial charge in [0.15, 0.2) is 0 Å². The Bertz CT molecular complexity index is 653. The number of aromatic nitrogens is 2. The Morgan fingerprint density at radius 2 is 1.95 bits per heavy atom. The molecule has 22 heavy (non-hydrogen) atoms. The maximum absolute atomic E-state index is 14.2. The van der Waals surface area contributed by atoms with Crippen molar-refractivity contribution in [2.24, 2.45) is 7.05 Å². The minimum absolute atomic E-state index is 0.390. The molecule has 0 bridgehead atoms. The maximum Gasteiger partial charge on any atom is 0.349 e. The Morgan fingerprint density at radius 1 is 1.32 bits per heavy atom. The van der Waals surface area contributed by atoms with Gasteiger partial charge in [-0.2, -0.15) is 13.9 Å². The zero-order valence-electron chi connectivity index (χ0n) is 12.5. The van der Waals surface area contributed by atoms with E-state index in [1.807, 2.05) is 0 Å². The number of ether oxygens (including phenoxy) is 1. The van der Waals surface area contributed by atoms with Crippen molar-refractivity contribution in [2.75, 3.05) is 7.11 Å². The molecular weight excluding hydrogens is 292 g/mol. The lowest BCUT2D eigenvalue weighted by molar-refractivity contribution is -0.147. The third kappa shape index (κ3) is 3.24. The van der Waals surface area contributed by atoms with Crippen LogP contribution >= 0.6 is 0 Å². The summed E-state index contributed by atoms with van der Waals surface area (Å²) in [7, 11) is 3.15. The third-order valence-corrected chi connectivity index (χ3v) is 3.26. The van der Waals surface area contributed by atoms with Crippen LogP contribution in [-0.4, -0.2) is 22.8 Å². The third-order valence-electron chi connectivity index (χ3n) is 3.26. The van der Waals surface area contributed by atoms with Crippen molar-refractivity contribution < 1.29 is 18.3 Å². The molecule has 5 nitrogen and oxygen atoms in total. The van der Waals surface area contributed by atoms with Gasteiger partial charge in [-0.15, -0.1) is 0 Å². The largest absolute Gasteiger partial charge is 0.497 e. The lowest BCUT2D eigenvalue weighted by Crippen LogP contribution is -2.39. The predicted octanol–water partition coefficient (Wildman–Crippen LogP) is 2.40. The summed E-state index contributed by atoms with van der Waals surface area (Å²) in [4.78, 5) is 11.9. The molecule has 1 unspecified atom stereocenters. The lowest BCUT2D eigenvalue weighted by atomic mass is 10.1. The first-order chi connectivity index (χ1) is 10.3. The molecule has 118 valence electrons. The van der Waals surface area contributed by atoms with Gasteiger partial charge in [0.2, 0.25) is 0 Å². The zero-order valence-corrected chi connectivity index (χ0v) is 12.5. The molecule has 2 rings (SSSR count). The topological polar surface area (TPSA) is 56.1 Å². The Hall–Kier alpha value is -2.44. The number of alkyl halides is 2. The van der Waals surface area contributed by atoms with Gasteiger partial charge in [-0.05, 0) is 37.3 Å². The number of amides is 1. The molecule has 1 aromatic heterocycles. The number of rotatable bonds is 5. The van der Waals surface area contributed by atoms with Gasteiger partial charge in [0, 0.05) is 18.8 Å². The normalized spacial score (nSPS) is 12.8. The molecule has 0 saturated heterocycles. The Labute approximate surface area is 126 Å². The van der Waals surface area contributed by atoms with Crippen molar-refractivity contribution >= 4 is 5.91 Å². The van der Waals surface area contributed by atoms with Crippen molar-refractivity contribution in [3.63, 3.8) is 0 Å². The van der Waals surface area contributed by atoms with E-state index in [9.17, 15) is 13.6 Å². The van der Waals surface area contributed by atoms with Gasteiger partial charge in [-0.25, -0.2) is 0 Å². The van der Waals surface area contributed by atoms with E-state index in [1.165, 1.54) is 31.4 Å². The van der Waals surface area contributed by atoms with Crippen molar-refractivity contribution in [1.29, 1.82) is 0 Å². The number of carbonyl (C=O) groups excluding carboxylic acids is 1. The van der Waals surface area contributed by atoms with E-state index in [-0.39, 0.29) is 5.56 Å². The Morgan fingerprint density at radius 3 is 2.45 bits per heavy atom. The second-order valence-corrected chi connectivity index (χ2v) is 4.91. The smallest absolute Gasteiger partial charge is 0.349 e. The van der Waals surface area contributed by atoms with Crippen LogP contribution in [0.4, 0.5) is 8.78 Å². The number of hydrogen-bond acceptors (Lipinski definition) is 3. The van der Waals surface area contributed by atoms with E-state index in [0.29, 0.717) is 11.4 Å². The Kier molecular flexibility index (Phi) is 4.44. The highest BCUT2D eigenvalue weighted by molar-refractivity contribution is 5.85. The molecule has 1 atom stereocenters. The van der Waals surface area contributed by atoms with Crippen LogP contribution in [0.1, 0.15) is 24.2 Å². The van der Waals surface area contributed by atoms with Gasteiger partial charge in [0.1, 0.15) is 5.75 Å². The first-order valence-electron chi connectivity index (χ1n) is 6.67. The van der Waals surface area contributed by atoms with Gasteiger partial charge < -0.3 is 10.1 Å². The SMILES string of the molecule is COc1ccc(C(F)(F)C(=O)NC(C)c2ccn(C)n2)cc1. The van der Waals surface area contributed by atoms with Crippen LogP contribution in [0.5, 0.6) is 5.75 Å². The molecule has 1 N–H and O–H groups in total. The second kappa shape index (κ2) is 6.13. The molecule has 1 aromatic carbocycles. The van der Waals surface area contributed by atoms with Crippen LogP contribution in [0.2, 0.25) is 0 Å². The second-order valence-electron chi connectivity index (χ2n) is 4.91. The van der Waals surface area contributed by atoms with E-state index in [2.05, 4.69) is 10.4 Å². The average Bonchev–Trinajstić information content (AvgIpc) is 2.94. The molecule has 0 saturated carbocycles. The fraction of sp³-hybridized carbons (Fsp3) is 0.333. The Balaban J connectivity index is 2.12. The molecule has 0 aliphatic carbocycles. The van der Waals surface area contributed by atoms with Crippen LogP contribution < -0.4 is 10.1 Å². The summed E-state index contributed by atoms with van der Waals surface area (Å²) in [6.07, 6.45) is 1.68. The number of nitrogens with zero attached hydrogens (tertiary/aromatic N) is 2. The number of halogens is 2. The van der Waals surface area contributed by atoms with Crippen molar-refractivity contribution in [3.05, 3.63) is 47.8 Å². The minimum atomic E-state index is -3.63. The molecule has 0 aliphatic rings. The molecule has 0 spiro atoms. The van der Waals surface area contributed by atoms with E-state index in [0.717, 1.165) is 0 Å². The van der Waals surface area contributed by atoms with Crippen LogP contribution in [0, 0.1) is 0 Å². The zero-order chi connectivity index (χ0) is 16.3. The first kappa shape index (κ1) is 15.9.